The predicted octanol–water partition coefficient (Wildman–Crippen LogP) is 1.27. The summed E-state index contributed by atoms with van der Waals surface area (Å²) in [5.74, 6) is 0.184. The second kappa shape index (κ2) is 8.34. The van der Waals surface area contributed by atoms with E-state index in [4.69, 9.17) is 4.74 Å². The van der Waals surface area contributed by atoms with Crippen LogP contribution in [0.4, 0.5) is 5.69 Å². The van der Waals surface area contributed by atoms with Gasteiger partial charge in [-0.15, -0.1) is 0 Å². The zero-order chi connectivity index (χ0) is 17.6. The van der Waals surface area contributed by atoms with Crippen molar-refractivity contribution in [3.8, 4) is 0 Å². The van der Waals surface area contributed by atoms with Crippen LogP contribution >= 0.6 is 0 Å². The Morgan fingerprint density at radius 2 is 1.88 bits per heavy atom. The minimum atomic E-state index is 0.00409. The van der Waals surface area contributed by atoms with E-state index in [0.29, 0.717) is 26.2 Å². The van der Waals surface area contributed by atoms with Crippen molar-refractivity contribution in [2.75, 3.05) is 44.2 Å². The molecule has 0 aliphatic carbocycles. The highest BCUT2D eigenvalue weighted by molar-refractivity contribution is 5.79. The molecule has 6 heteroatoms. The molecule has 0 spiro atoms. The first-order valence-electron chi connectivity index (χ1n) is 9.08. The fraction of sp³-hybridized carbons (Fsp3) is 0.579. The highest BCUT2D eigenvalue weighted by Gasteiger charge is 2.27. The summed E-state index contributed by atoms with van der Waals surface area (Å²) in [5, 5.41) is 3.04. The lowest BCUT2D eigenvalue weighted by molar-refractivity contribution is -0.134. The number of amides is 2. The number of hydrogen-bond acceptors (Lipinski definition) is 4. The Bertz CT molecular complexity index is 585. The Hall–Kier alpha value is -2.08. The molecule has 0 aromatic heterocycles. The zero-order valence-electron chi connectivity index (χ0n) is 14.8. The van der Waals surface area contributed by atoms with Crippen LogP contribution in [0.25, 0.3) is 0 Å². The molecule has 2 saturated heterocycles. The summed E-state index contributed by atoms with van der Waals surface area (Å²) in [6.07, 6.45) is 1.50. The predicted molar refractivity (Wildman–Crippen MR) is 96.4 cm³/mol. The molecule has 2 aliphatic heterocycles. The van der Waals surface area contributed by atoms with Gasteiger partial charge in [0.1, 0.15) is 0 Å². The summed E-state index contributed by atoms with van der Waals surface area (Å²) >= 11 is 0. The first-order chi connectivity index (χ1) is 12.1. The topological polar surface area (TPSA) is 61.9 Å². The Balaban J connectivity index is 1.44. The summed E-state index contributed by atoms with van der Waals surface area (Å²) in [4.78, 5) is 27.9. The summed E-state index contributed by atoms with van der Waals surface area (Å²) in [6, 6.07) is 10.3. The standard InChI is InChI=1S/C19H27N3O3/c1-15(23)21-9-7-16(8-10-21)19(24)20-13-18-14-22(11-12-25-18)17-5-3-2-4-6-17/h2-6,16,18H,7-14H2,1H3,(H,20,24). The molecule has 2 amide bonds. The molecule has 136 valence electrons. The molecule has 6 nitrogen and oxygen atoms in total. The van der Waals surface area contributed by atoms with Crippen LogP contribution < -0.4 is 10.2 Å². The molecule has 1 atom stereocenters. The highest BCUT2D eigenvalue weighted by Crippen LogP contribution is 2.19. The lowest BCUT2D eigenvalue weighted by Gasteiger charge is -2.35. The third kappa shape index (κ3) is 4.72. The van der Waals surface area contributed by atoms with Gasteiger partial charge in [-0.05, 0) is 25.0 Å². The SMILES string of the molecule is CC(=O)N1CCC(C(=O)NCC2CN(c3ccccc3)CCO2)CC1. The van der Waals surface area contributed by atoms with Crippen LogP contribution in [0.5, 0.6) is 0 Å². The normalized spacial score (nSPS) is 21.9. The van der Waals surface area contributed by atoms with Crippen LogP contribution in [-0.2, 0) is 14.3 Å². The molecule has 2 fully saturated rings. The quantitative estimate of drug-likeness (QED) is 0.893. The number of morpholine rings is 1. The van der Waals surface area contributed by atoms with E-state index in [2.05, 4.69) is 22.3 Å². The number of nitrogens with one attached hydrogen (secondary N) is 1. The summed E-state index contributed by atoms with van der Waals surface area (Å²) in [6.45, 7) is 5.80. The second-order valence-corrected chi connectivity index (χ2v) is 6.80. The monoisotopic (exact) mass is 345 g/mol. The van der Waals surface area contributed by atoms with Gasteiger partial charge in [0.2, 0.25) is 11.8 Å². The lowest BCUT2D eigenvalue weighted by Crippen LogP contribution is -2.49. The van der Waals surface area contributed by atoms with Gasteiger partial charge < -0.3 is 19.9 Å². The molecule has 1 N–H and O–H groups in total. The molecule has 25 heavy (non-hydrogen) atoms. The molecule has 0 bridgehead atoms. The van der Waals surface area contributed by atoms with Gasteiger partial charge in [0.15, 0.2) is 0 Å². The van der Waals surface area contributed by atoms with E-state index in [1.54, 1.807) is 6.92 Å². The van der Waals surface area contributed by atoms with Crippen LogP contribution in [0.2, 0.25) is 0 Å². The van der Waals surface area contributed by atoms with Gasteiger partial charge >= 0.3 is 0 Å². The average molecular weight is 345 g/mol. The number of piperidine rings is 1. The molecule has 1 aromatic rings. The minimum absolute atomic E-state index is 0.00409. The number of carbonyl (C=O) groups is 2. The molecule has 2 aliphatic rings. The first-order valence-corrected chi connectivity index (χ1v) is 9.08. The van der Waals surface area contributed by atoms with Crippen molar-refractivity contribution in [3.05, 3.63) is 30.3 Å². The molecule has 1 unspecified atom stereocenters. The van der Waals surface area contributed by atoms with Crippen molar-refractivity contribution in [2.45, 2.75) is 25.9 Å². The van der Waals surface area contributed by atoms with Crippen molar-refractivity contribution < 1.29 is 14.3 Å². The van der Waals surface area contributed by atoms with E-state index < -0.39 is 0 Å². The molecule has 1 aromatic carbocycles. The van der Waals surface area contributed by atoms with E-state index in [-0.39, 0.29) is 23.8 Å². The lowest BCUT2D eigenvalue weighted by atomic mass is 9.96. The van der Waals surface area contributed by atoms with Gasteiger partial charge in [0.05, 0.1) is 12.7 Å². The summed E-state index contributed by atoms with van der Waals surface area (Å²) < 4.78 is 5.81. The third-order valence-corrected chi connectivity index (χ3v) is 5.08. The maximum absolute atomic E-state index is 12.4. The summed E-state index contributed by atoms with van der Waals surface area (Å²) in [5.41, 5.74) is 1.19. The Kier molecular flexibility index (Phi) is 5.91. The molecular formula is C19H27N3O3. The van der Waals surface area contributed by atoms with Gasteiger partial charge in [-0.3, -0.25) is 9.59 Å². The minimum Gasteiger partial charge on any atom is -0.373 e. The van der Waals surface area contributed by atoms with E-state index >= 15 is 0 Å². The second-order valence-electron chi connectivity index (χ2n) is 6.80. The Morgan fingerprint density at radius 1 is 1.16 bits per heavy atom. The molecule has 3 rings (SSSR count). The van der Waals surface area contributed by atoms with Crippen LogP contribution in [0, 0.1) is 5.92 Å². The molecular weight excluding hydrogens is 318 g/mol. The fourth-order valence-corrected chi connectivity index (χ4v) is 3.53. The van der Waals surface area contributed by atoms with Crippen molar-refractivity contribution in [3.63, 3.8) is 0 Å². The first kappa shape index (κ1) is 17.7. The van der Waals surface area contributed by atoms with Crippen molar-refractivity contribution >= 4 is 17.5 Å². The van der Waals surface area contributed by atoms with Crippen molar-refractivity contribution in [2.24, 2.45) is 5.92 Å². The van der Waals surface area contributed by atoms with Crippen molar-refractivity contribution in [1.82, 2.24) is 10.2 Å². The molecule has 0 saturated carbocycles. The van der Waals surface area contributed by atoms with Crippen LogP contribution in [0.1, 0.15) is 19.8 Å². The maximum atomic E-state index is 12.4. The largest absolute Gasteiger partial charge is 0.373 e. The smallest absolute Gasteiger partial charge is 0.223 e. The van der Waals surface area contributed by atoms with E-state index in [0.717, 1.165) is 25.9 Å². The Labute approximate surface area is 149 Å². The number of benzene rings is 1. The average Bonchev–Trinajstić information content (AvgIpc) is 2.67. The van der Waals surface area contributed by atoms with Crippen LogP contribution in [0.3, 0.4) is 0 Å². The number of carbonyl (C=O) groups excluding carboxylic acids is 2. The van der Waals surface area contributed by atoms with Gasteiger partial charge in [-0.25, -0.2) is 0 Å². The number of hydrogen-bond donors (Lipinski definition) is 1. The van der Waals surface area contributed by atoms with Gasteiger partial charge in [-0.1, -0.05) is 18.2 Å². The number of anilines is 1. The van der Waals surface area contributed by atoms with E-state index in [9.17, 15) is 9.59 Å². The van der Waals surface area contributed by atoms with Gasteiger partial charge in [0.25, 0.3) is 0 Å². The number of likely N-dealkylation sites (tertiary alicyclic amines) is 1. The summed E-state index contributed by atoms with van der Waals surface area (Å²) in [7, 11) is 0. The van der Waals surface area contributed by atoms with Crippen molar-refractivity contribution in [1.29, 1.82) is 0 Å². The Morgan fingerprint density at radius 3 is 2.56 bits per heavy atom. The van der Waals surface area contributed by atoms with Crippen LogP contribution in [-0.4, -0.2) is 62.1 Å². The number of para-hydroxylation sites is 1. The fourth-order valence-electron chi connectivity index (χ4n) is 3.53. The maximum Gasteiger partial charge on any atom is 0.223 e. The van der Waals surface area contributed by atoms with E-state index in [1.807, 2.05) is 23.1 Å². The zero-order valence-corrected chi connectivity index (χ0v) is 14.8. The third-order valence-electron chi connectivity index (χ3n) is 5.08. The van der Waals surface area contributed by atoms with Gasteiger partial charge in [0, 0.05) is 51.3 Å². The van der Waals surface area contributed by atoms with E-state index in [1.165, 1.54) is 5.69 Å². The molecule has 0 radical (unpaired) electrons. The number of rotatable bonds is 4. The van der Waals surface area contributed by atoms with Crippen LogP contribution in [0.15, 0.2) is 30.3 Å². The number of ether oxygens (including phenoxy) is 1. The highest BCUT2D eigenvalue weighted by atomic mass is 16.5. The number of nitrogens with zero attached hydrogens (tertiary/aromatic N) is 2. The molecule has 2 heterocycles. The van der Waals surface area contributed by atoms with Gasteiger partial charge in [-0.2, -0.15) is 0 Å².